The lowest BCUT2D eigenvalue weighted by Crippen LogP contribution is -2.43. The summed E-state index contributed by atoms with van der Waals surface area (Å²) in [6, 6.07) is 0.648. The van der Waals surface area contributed by atoms with E-state index < -0.39 is 0 Å². The Hall–Kier alpha value is -0.340. The summed E-state index contributed by atoms with van der Waals surface area (Å²) in [6.07, 6.45) is 14.6. The van der Waals surface area contributed by atoms with E-state index >= 15 is 0 Å². The second-order valence-electron chi connectivity index (χ2n) is 5.58. The second kappa shape index (κ2) is 5.83. The highest BCUT2D eigenvalue weighted by Gasteiger charge is 2.31. The molecule has 0 saturated heterocycles. The van der Waals surface area contributed by atoms with Crippen LogP contribution in [0.25, 0.3) is 0 Å². The van der Waals surface area contributed by atoms with Gasteiger partial charge < -0.3 is 10.4 Å². The summed E-state index contributed by atoms with van der Waals surface area (Å²) in [5.41, 5.74) is 0.194. The Morgan fingerprint density at radius 1 is 1.19 bits per heavy atom. The normalized spacial score (nSPS) is 29.2. The van der Waals surface area contributed by atoms with Crippen LogP contribution in [0.15, 0.2) is 12.2 Å². The molecule has 1 saturated carbocycles. The maximum absolute atomic E-state index is 9.62. The van der Waals surface area contributed by atoms with E-state index in [1.807, 2.05) is 0 Å². The van der Waals surface area contributed by atoms with E-state index in [4.69, 9.17) is 0 Å². The molecule has 16 heavy (non-hydrogen) atoms. The predicted molar refractivity (Wildman–Crippen MR) is 67.4 cm³/mol. The fraction of sp³-hybridized carbons (Fsp3) is 0.857. The molecular formula is C14H25NO. The maximum Gasteiger partial charge on any atom is 0.0499 e. The molecule has 0 spiro atoms. The fourth-order valence-electron chi connectivity index (χ4n) is 3.03. The van der Waals surface area contributed by atoms with Gasteiger partial charge in [0.05, 0.1) is 0 Å². The van der Waals surface area contributed by atoms with E-state index in [2.05, 4.69) is 17.5 Å². The molecule has 0 aliphatic heterocycles. The molecule has 0 aromatic rings. The van der Waals surface area contributed by atoms with Crippen LogP contribution >= 0.6 is 0 Å². The molecule has 2 nitrogen and oxygen atoms in total. The average molecular weight is 223 g/mol. The van der Waals surface area contributed by atoms with Crippen LogP contribution in [0.3, 0.4) is 0 Å². The van der Waals surface area contributed by atoms with Gasteiger partial charge in [0.1, 0.15) is 0 Å². The minimum atomic E-state index is 0.194. The van der Waals surface area contributed by atoms with Crippen molar-refractivity contribution >= 4 is 0 Å². The summed E-state index contributed by atoms with van der Waals surface area (Å²) >= 11 is 0. The summed E-state index contributed by atoms with van der Waals surface area (Å²) in [4.78, 5) is 0. The molecule has 2 N–H and O–H groups in total. The molecule has 0 amide bonds. The third kappa shape index (κ3) is 3.08. The van der Waals surface area contributed by atoms with Crippen molar-refractivity contribution in [3.05, 3.63) is 12.2 Å². The number of aliphatic hydroxyl groups excluding tert-OH is 1. The molecule has 1 fully saturated rings. The first kappa shape index (κ1) is 12.1. The number of hydrogen-bond donors (Lipinski definition) is 2. The van der Waals surface area contributed by atoms with Crippen LogP contribution < -0.4 is 5.32 Å². The van der Waals surface area contributed by atoms with Gasteiger partial charge in [-0.2, -0.15) is 0 Å². The van der Waals surface area contributed by atoms with Crippen molar-refractivity contribution in [2.75, 3.05) is 13.2 Å². The zero-order valence-electron chi connectivity index (χ0n) is 10.3. The van der Waals surface area contributed by atoms with Crippen LogP contribution in [0.4, 0.5) is 0 Å². The van der Waals surface area contributed by atoms with Crippen LogP contribution in [0.1, 0.15) is 51.4 Å². The summed E-state index contributed by atoms with van der Waals surface area (Å²) < 4.78 is 0. The quantitative estimate of drug-likeness (QED) is 0.718. The number of allylic oxidation sites excluding steroid dienone is 1. The van der Waals surface area contributed by atoms with Crippen molar-refractivity contribution in [3.63, 3.8) is 0 Å². The first-order valence-electron chi connectivity index (χ1n) is 6.84. The minimum Gasteiger partial charge on any atom is -0.396 e. The van der Waals surface area contributed by atoms with Gasteiger partial charge in [-0.05, 0) is 32.1 Å². The molecule has 0 aromatic carbocycles. The third-order valence-electron chi connectivity index (χ3n) is 4.28. The second-order valence-corrected chi connectivity index (χ2v) is 5.58. The Morgan fingerprint density at radius 3 is 2.62 bits per heavy atom. The fourth-order valence-corrected chi connectivity index (χ4v) is 3.03. The molecule has 0 radical (unpaired) electrons. The van der Waals surface area contributed by atoms with Gasteiger partial charge in [-0.3, -0.25) is 0 Å². The molecule has 0 aromatic heterocycles. The van der Waals surface area contributed by atoms with E-state index in [1.54, 1.807) is 0 Å². The van der Waals surface area contributed by atoms with E-state index in [-0.39, 0.29) is 5.41 Å². The number of nitrogens with one attached hydrogen (secondary N) is 1. The largest absolute Gasteiger partial charge is 0.396 e. The van der Waals surface area contributed by atoms with Gasteiger partial charge in [-0.1, -0.05) is 31.4 Å². The molecule has 1 atom stereocenters. The lowest BCUT2D eigenvalue weighted by atomic mass is 9.74. The van der Waals surface area contributed by atoms with Gasteiger partial charge in [0.25, 0.3) is 0 Å². The highest BCUT2D eigenvalue weighted by molar-refractivity contribution is 4.94. The first-order valence-corrected chi connectivity index (χ1v) is 6.84. The maximum atomic E-state index is 9.62. The Kier molecular flexibility index (Phi) is 4.42. The van der Waals surface area contributed by atoms with Crippen molar-refractivity contribution in [1.82, 2.24) is 5.32 Å². The summed E-state index contributed by atoms with van der Waals surface area (Å²) in [5, 5.41) is 13.3. The smallest absolute Gasteiger partial charge is 0.0499 e. The standard InChI is InChI=1S/C14H25NO/c16-12-14(9-5-2-6-10-14)11-15-13-7-3-1-4-8-13/h1,3,13,15-16H,2,4-12H2. The Balaban J connectivity index is 1.79. The van der Waals surface area contributed by atoms with E-state index in [0.29, 0.717) is 12.6 Å². The Bertz CT molecular complexity index is 231. The number of rotatable bonds is 4. The van der Waals surface area contributed by atoms with E-state index in [0.717, 1.165) is 6.54 Å². The molecule has 2 aliphatic rings. The van der Waals surface area contributed by atoms with Gasteiger partial charge in [0.15, 0.2) is 0 Å². The van der Waals surface area contributed by atoms with Gasteiger partial charge in [0, 0.05) is 24.6 Å². The van der Waals surface area contributed by atoms with Crippen LogP contribution in [-0.2, 0) is 0 Å². The predicted octanol–water partition coefficient (Wildman–Crippen LogP) is 2.63. The summed E-state index contributed by atoms with van der Waals surface area (Å²) in [7, 11) is 0. The third-order valence-corrected chi connectivity index (χ3v) is 4.28. The van der Waals surface area contributed by atoms with Crippen LogP contribution in [0.2, 0.25) is 0 Å². The average Bonchev–Trinajstić information content (AvgIpc) is 2.39. The van der Waals surface area contributed by atoms with Crippen molar-refractivity contribution in [1.29, 1.82) is 0 Å². The molecule has 92 valence electrons. The molecule has 2 rings (SSSR count). The zero-order valence-corrected chi connectivity index (χ0v) is 10.3. The summed E-state index contributed by atoms with van der Waals surface area (Å²) in [6.45, 7) is 1.38. The molecule has 2 heteroatoms. The topological polar surface area (TPSA) is 32.3 Å². The zero-order chi connectivity index (χ0) is 11.3. The van der Waals surface area contributed by atoms with Crippen LogP contribution in [-0.4, -0.2) is 24.3 Å². The van der Waals surface area contributed by atoms with Crippen molar-refractivity contribution in [2.45, 2.75) is 57.4 Å². The van der Waals surface area contributed by atoms with Gasteiger partial charge >= 0.3 is 0 Å². The monoisotopic (exact) mass is 223 g/mol. The van der Waals surface area contributed by atoms with E-state index in [9.17, 15) is 5.11 Å². The molecule has 0 bridgehead atoms. The van der Waals surface area contributed by atoms with Crippen molar-refractivity contribution in [3.8, 4) is 0 Å². The highest BCUT2D eigenvalue weighted by Crippen LogP contribution is 2.35. The van der Waals surface area contributed by atoms with Crippen molar-refractivity contribution < 1.29 is 5.11 Å². The van der Waals surface area contributed by atoms with Gasteiger partial charge in [-0.15, -0.1) is 0 Å². The lowest BCUT2D eigenvalue weighted by molar-refractivity contribution is 0.0779. The van der Waals surface area contributed by atoms with Gasteiger partial charge in [0.2, 0.25) is 0 Å². The molecular weight excluding hydrogens is 198 g/mol. The van der Waals surface area contributed by atoms with Crippen LogP contribution in [0.5, 0.6) is 0 Å². The SMILES string of the molecule is OCC1(CNC2CC=CCC2)CCCCC1. The lowest BCUT2D eigenvalue weighted by Gasteiger charge is -2.37. The molecule has 1 unspecified atom stereocenters. The van der Waals surface area contributed by atoms with Gasteiger partial charge in [-0.25, -0.2) is 0 Å². The minimum absolute atomic E-state index is 0.194. The Labute approximate surface area is 99.1 Å². The van der Waals surface area contributed by atoms with E-state index in [1.165, 1.54) is 51.4 Å². The first-order chi connectivity index (χ1) is 7.85. The highest BCUT2D eigenvalue weighted by atomic mass is 16.3. The van der Waals surface area contributed by atoms with Crippen LogP contribution in [0, 0.1) is 5.41 Å². The summed E-state index contributed by atoms with van der Waals surface area (Å²) in [5.74, 6) is 0. The molecule has 0 heterocycles. The number of aliphatic hydroxyl groups is 1. The molecule has 2 aliphatic carbocycles. The number of hydrogen-bond acceptors (Lipinski definition) is 2. The van der Waals surface area contributed by atoms with Crippen molar-refractivity contribution in [2.24, 2.45) is 5.41 Å². The Morgan fingerprint density at radius 2 is 2.00 bits per heavy atom.